The SMILES string of the molecule is Cc1c(-c2ccccc2)oc2c(C(=O)NNC(=O)Cc3ccc(Cl)cc3)cccc2c1=O. The molecular weight excluding hydrogens is 428 g/mol. The van der Waals surface area contributed by atoms with E-state index in [4.69, 9.17) is 16.0 Å². The Hall–Kier alpha value is -3.90. The van der Waals surface area contributed by atoms with Crippen LogP contribution in [0.3, 0.4) is 0 Å². The fourth-order valence-corrected chi connectivity index (χ4v) is 3.50. The zero-order valence-corrected chi connectivity index (χ0v) is 17.9. The summed E-state index contributed by atoms with van der Waals surface area (Å²) in [6, 6.07) is 20.8. The van der Waals surface area contributed by atoms with Gasteiger partial charge in [0.1, 0.15) is 5.76 Å². The molecule has 0 saturated carbocycles. The zero-order valence-electron chi connectivity index (χ0n) is 17.1. The predicted octanol–water partition coefficient (Wildman–Crippen LogP) is 4.43. The monoisotopic (exact) mass is 446 g/mol. The standard InChI is InChI=1S/C25H19ClN2O4/c1-15-22(30)19-8-5-9-20(24(19)32-23(15)17-6-3-2-4-7-17)25(31)28-27-21(29)14-16-10-12-18(26)13-11-16/h2-13H,14H2,1H3,(H,27,29)(H,28,31). The first-order valence-electron chi connectivity index (χ1n) is 9.89. The summed E-state index contributed by atoms with van der Waals surface area (Å²) in [6.45, 7) is 1.69. The summed E-state index contributed by atoms with van der Waals surface area (Å²) in [5.41, 5.74) is 6.80. The van der Waals surface area contributed by atoms with Crippen LogP contribution in [0.25, 0.3) is 22.3 Å². The molecular formula is C25H19ClN2O4. The number of hydrazine groups is 1. The van der Waals surface area contributed by atoms with Gasteiger partial charge in [-0.2, -0.15) is 0 Å². The number of para-hydroxylation sites is 1. The number of amides is 2. The molecule has 4 rings (SSSR count). The number of fused-ring (bicyclic) bond motifs is 1. The van der Waals surface area contributed by atoms with Gasteiger partial charge in [0.2, 0.25) is 5.91 Å². The summed E-state index contributed by atoms with van der Waals surface area (Å²) < 4.78 is 6.04. The van der Waals surface area contributed by atoms with E-state index in [-0.39, 0.29) is 23.0 Å². The first kappa shape index (κ1) is 21.3. The highest BCUT2D eigenvalue weighted by Crippen LogP contribution is 2.27. The van der Waals surface area contributed by atoms with Crippen LogP contribution in [0.1, 0.15) is 21.5 Å². The number of hydrogen-bond acceptors (Lipinski definition) is 4. The van der Waals surface area contributed by atoms with Crippen molar-refractivity contribution in [2.75, 3.05) is 0 Å². The van der Waals surface area contributed by atoms with E-state index >= 15 is 0 Å². The minimum absolute atomic E-state index is 0.0689. The molecule has 1 heterocycles. The van der Waals surface area contributed by atoms with Crippen molar-refractivity contribution in [2.45, 2.75) is 13.3 Å². The van der Waals surface area contributed by atoms with Gasteiger partial charge >= 0.3 is 0 Å². The highest BCUT2D eigenvalue weighted by molar-refractivity contribution is 6.30. The maximum atomic E-state index is 12.9. The summed E-state index contributed by atoms with van der Waals surface area (Å²) >= 11 is 5.85. The third kappa shape index (κ3) is 4.40. The molecule has 7 heteroatoms. The second-order valence-corrected chi connectivity index (χ2v) is 7.68. The van der Waals surface area contributed by atoms with Crippen molar-refractivity contribution >= 4 is 34.4 Å². The Kier molecular flexibility index (Phi) is 6.05. The van der Waals surface area contributed by atoms with Crippen molar-refractivity contribution in [1.82, 2.24) is 10.9 Å². The Morgan fingerprint density at radius 3 is 2.34 bits per heavy atom. The summed E-state index contributed by atoms with van der Waals surface area (Å²) in [5.74, 6) is -0.593. The summed E-state index contributed by atoms with van der Waals surface area (Å²) in [4.78, 5) is 37.9. The number of rotatable bonds is 4. The molecule has 6 nitrogen and oxygen atoms in total. The fraction of sp³-hybridized carbons (Fsp3) is 0.0800. The van der Waals surface area contributed by atoms with E-state index in [1.165, 1.54) is 6.07 Å². The highest BCUT2D eigenvalue weighted by Gasteiger charge is 2.18. The predicted molar refractivity (Wildman–Crippen MR) is 123 cm³/mol. The lowest BCUT2D eigenvalue weighted by molar-refractivity contribution is -0.121. The summed E-state index contributed by atoms with van der Waals surface area (Å²) in [5, 5.41) is 0.868. The van der Waals surface area contributed by atoms with Gasteiger partial charge in [0.25, 0.3) is 5.91 Å². The van der Waals surface area contributed by atoms with Crippen LogP contribution in [0.15, 0.2) is 82.0 Å². The van der Waals surface area contributed by atoms with Crippen LogP contribution in [-0.2, 0) is 11.2 Å². The van der Waals surface area contributed by atoms with Gasteiger partial charge in [0.05, 0.1) is 17.4 Å². The van der Waals surface area contributed by atoms with E-state index in [0.717, 1.165) is 11.1 Å². The molecule has 0 aliphatic carbocycles. The third-order valence-corrected chi connectivity index (χ3v) is 5.27. The fourth-order valence-electron chi connectivity index (χ4n) is 3.38. The summed E-state index contributed by atoms with van der Waals surface area (Å²) in [6.07, 6.45) is 0.0689. The molecule has 2 N–H and O–H groups in total. The summed E-state index contributed by atoms with van der Waals surface area (Å²) in [7, 11) is 0. The number of halogens is 1. The molecule has 0 aliphatic rings. The van der Waals surface area contributed by atoms with E-state index in [1.807, 2.05) is 30.3 Å². The molecule has 0 fully saturated rings. The van der Waals surface area contributed by atoms with Crippen molar-refractivity contribution < 1.29 is 14.0 Å². The van der Waals surface area contributed by atoms with Crippen molar-refractivity contribution in [3.63, 3.8) is 0 Å². The largest absolute Gasteiger partial charge is 0.455 e. The first-order valence-corrected chi connectivity index (χ1v) is 10.3. The Morgan fingerprint density at radius 2 is 1.62 bits per heavy atom. The van der Waals surface area contributed by atoms with Gasteiger partial charge < -0.3 is 4.42 Å². The molecule has 0 spiro atoms. The second kappa shape index (κ2) is 9.08. The maximum absolute atomic E-state index is 12.9. The van der Waals surface area contributed by atoms with Crippen molar-refractivity contribution in [2.24, 2.45) is 0 Å². The lowest BCUT2D eigenvalue weighted by Crippen LogP contribution is -2.42. The topological polar surface area (TPSA) is 88.4 Å². The Bertz CT molecular complexity index is 1360. The van der Waals surface area contributed by atoms with E-state index < -0.39 is 11.8 Å². The van der Waals surface area contributed by atoms with Gasteiger partial charge in [0, 0.05) is 16.1 Å². The number of carbonyl (C=O) groups is 2. The first-order chi connectivity index (χ1) is 15.4. The Balaban J connectivity index is 1.60. The lowest BCUT2D eigenvalue weighted by atomic mass is 10.0. The van der Waals surface area contributed by atoms with Crippen molar-refractivity contribution in [3.05, 3.63) is 105 Å². The molecule has 0 aliphatic heterocycles. The highest BCUT2D eigenvalue weighted by atomic mass is 35.5. The number of carbonyl (C=O) groups excluding carboxylic acids is 2. The van der Waals surface area contributed by atoms with Crippen LogP contribution in [0, 0.1) is 6.92 Å². The molecule has 0 bridgehead atoms. The molecule has 2 amide bonds. The van der Waals surface area contributed by atoms with Gasteiger partial charge in [-0.05, 0) is 36.8 Å². The molecule has 0 unspecified atom stereocenters. The average molecular weight is 447 g/mol. The third-order valence-electron chi connectivity index (χ3n) is 5.02. The minimum atomic E-state index is -0.592. The van der Waals surface area contributed by atoms with Crippen LogP contribution in [0.2, 0.25) is 5.02 Å². The molecule has 32 heavy (non-hydrogen) atoms. The molecule has 0 atom stereocenters. The molecule has 0 radical (unpaired) electrons. The van der Waals surface area contributed by atoms with Gasteiger partial charge in [-0.3, -0.25) is 25.2 Å². The Morgan fingerprint density at radius 1 is 0.906 bits per heavy atom. The van der Waals surface area contributed by atoms with Gasteiger partial charge in [-0.15, -0.1) is 0 Å². The maximum Gasteiger partial charge on any atom is 0.273 e. The Labute approximate surface area is 188 Å². The molecule has 3 aromatic carbocycles. The lowest BCUT2D eigenvalue weighted by Gasteiger charge is -2.11. The molecule has 1 aromatic heterocycles. The number of nitrogens with one attached hydrogen (secondary N) is 2. The molecule has 4 aromatic rings. The smallest absolute Gasteiger partial charge is 0.273 e. The van der Waals surface area contributed by atoms with Crippen molar-refractivity contribution in [1.29, 1.82) is 0 Å². The van der Waals surface area contributed by atoms with Gasteiger partial charge in [-0.25, -0.2) is 0 Å². The number of benzene rings is 3. The zero-order chi connectivity index (χ0) is 22.7. The van der Waals surface area contributed by atoms with E-state index in [9.17, 15) is 14.4 Å². The minimum Gasteiger partial charge on any atom is -0.455 e. The van der Waals surface area contributed by atoms with Crippen LogP contribution in [0.4, 0.5) is 0 Å². The second-order valence-electron chi connectivity index (χ2n) is 7.24. The van der Waals surface area contributed by atoms with E-state index in [1.54, 1.807) is 43.3 Å². The molecule has 160 valence electrons. The average Bonchev–Trinajstić information content (AvgIpc) is 2.81. The van der Waals surface area contributed by atoms with Crippen LogP contribution in [0.5, 0.6) is 0 Å². The van der Waals surface area contributed by atoms with E-state index in [0.29, 0.717) is 21.7 Å². The van der Waals surface area contributed by atoms with Gasteiger partial charge in [-0.1, -0.05) is 60.1 Å². The number of hydrogen-bond donors (Lipinski definition) is 2. The normalized spacial score (nSPS) is 10.7. The molecule has 0 saturated heterocycles. The van der Waals surface area contributed by atoms with E-state index in [2.05, 4.69) is 10.9 Å². The quantitative estimate of drug-likeness (QED) is 0.454. The van der Waals surface area contributed by atoms with Crippen LogP contribution in [-0.4, -0.2) is 11.8 Å². The van der Waals surface area contributed by atoms with Crippen molar-refractivity contribution in [3.8, 4) is 11.3 Å². The van der Waals surface area contributed by atoms with Crippen LogP contribution >= 0.6 is 11.6 Å². The van der Waals surface area contributed by atoms with Gasteiger partial charge in [0.15, 0.2) is 11.0 Å². The van der Waals surface area contributed by atoms with Crippen LogP contribution < -0.4 is 16.3 Å².